The smallest absolute Gasteiger partial charge is 0.0602 e. The van der Waals surface area contributed by atoms with Crippen molar-refractivity contribution < 1.29 is 4.74 Å². The van der Waals surface area contributed by atoms with Crippen LogP contribution in [0.25, 0.3) is 0 Å². The SMILES string of the molecule is NC(C1CCCCC1)N1CCOCC1. The van der Waals surface area contributed by atoms with E-state index in [-0.39, 0.29) is 0 Å². The summed E-state index contributed by atoms with van der Waals surface area (Å²) in [5.41, 5.74) is 6.29. The Labute approximate surface area is 86.6 Å². The van der Waals surface area contributed by atoms with E-state index in [2.05, 4.69) is 4.90 Å². The summed E-state index contributed by atoms with van der Waals surface area (Å²) in [4.78, 5) is 2.40. The lowest BCUT2D eigenvalue weighted by atomic mass is 9.86. The van der Waals surface area contributed by atoms with Crippen molar-refractivity contribution >= 4 is 0 Å². The van der Waals surface area contributed by atoms with Gasteiger partial charge < -0.3 is 10.5 Å². The molecule has 14 heavy (non-hydrogen) atoms. The Bertz CT molecular complexity index is 145. The van der Waals surface area contributed by atoms with Gasteiger partial charge in [-0.25, -0.2) is 0 Å². The Morgan fingerprint density at radius 3 is 2.36 bits per heavy atom. The van der Waals surface area contributed by atoms with Gasteiger partial charge in [-0.15, -0.1) is 0 Å². The van der Waals surface area contributed by atoms with Crippen LogP contribution in [0.4, 0.5) is 0 Å². The predicted octanol–water partition coefficient (Wildman–Crippen LogP) is 1.18. The fourth-order valence-corrected chi connectivity index (χ4v) is 2.65. The molecule has 2 rings (SSSR count). The monoisotopic (exact) mass is 198 g/mol. The maximum Gasteiger partial charge on any atom is 0.0602 e. The number of hydrogen-bond acceptors (Lipinski definition) is 3. The van der Waals surface area contributed by atoms with Crippen LogP contribution >= 0.6 is 0 Å². The molecule has 0 aromatic carbocycles. The number of nitrogens with two attached hydrogens (primary N) is 1. The minimum atomic E-state index is 0.291. The number of rotatable bonds is 2. The normalized spacial score (nSPS) is 28.9. The van der Waals surface area contributed by atoms with E-state index in [1.807, 2.05) is 0 Å². The van der Waals surface area contributed by atoms with E-state index in [0.29, 0.717) is 6.17 Å². The third kappa shape index (κ3) is 2.47. The van der Waals surface area contributed by atoms with Crippen molar-refractivity contribution in [3.05, 3.63) is 0 Å². The number of morpholine rings is 1. The number of ether oxygens (including phenoxy) is 1. The molecule has 1 heterocycles. The lowest BCUT2D eigenvalue weighted by Crippen LogP contribution is -2.52. The van der Waals surface area contributed by atoms with Crippen LogP contribution in [-0.4, -0.2) is 37.4 Å². The van der Waals surface area contributed by atoms with E-state index < -0.39 is 0 Å². The van der Waals surface area contributed by atoms with Gasteiger partial charge in [0.1, 0.15) is 0 Å². The van der Waals surface area contributed by atoms with Gasteiger partial charge in [-0.1, -0.05) is 19.3 Å². The van der Waals surface area contributed by atoms with Crippen LogP contribution in [0.15, 0.2) is 0 Å². The van der Waals surface area contributed by atoms with E-state index in [1.165, 1.54) is 32.1 Å². The van der Waals surface area contributed by atoms with Crippen LogP contribution in [-0.2, 0) is 4.74 Å². The molecule has 0 spiro atoms. The average Bonchev–Trinajstić information content (AvgIpc) is 2.30. The van der Waals surface area contributed by atoms with E-state index >= 15 is 0 Å². The molecule has 2 aliphatic rings. The maximum atomic E-state index is 6.29. The van der Waals surface area contributed by atoms with Crippen LogP contribution in [0.3, 0.4) is 0 Å². The van der Waals surface area contributed by atoms with Gasteiger partial charge in [0.2, 0.25) is 0 Å². The van der Waals surface area contributed by atoms with Gasteiger partial charge in [-0.2, -0.15) is 0 Å². The van der Waals surface area contributed by atoms with Crippen LogP contribution < -0.4 is 5.73 Å². The van der Waals surface area contributed by atoms with Crippen molar-refractivity contribution in [2.45, 2.75) is 38.3 Å². The summed E-state index contributed by atoms with van der Waals surface area (Å²) >= 11 is 0. The predicted molar refractivity (Wildman–Crippen MR) is 56.9 cm³/mol. The highest BCUT2D eigenvalue weighted by molar-refractivity contribution is 4.78. The number of nitrogens with zero attached hydrogens (tertiary/aromatic N) is 1. The molecule has 1 atom stereocenters. The summed E-state index contributed by atoms with van der Waals surface area (Å²) in [6.07, 6.45) is 7.12. The molecule has 0 bridgehead atoms. The molecule has 0 aromatic heterocycles. The zero-order chi connectivity index (χ0) is 9.80. The van der Waals surface area contributed by atoms with E-state index in [9.17, 15) is 0 Å². The van der Waals surface area contributed by atoms with Crippen molar-refractivity contribution in [2.75, 3.05) is 26.3 Å². The van der Waals surface area contributed by atoms with Crippen molar-refractivity contribution in [1.82, 2.24) is 4.90 Å². The second-order valence-corrected chi connectivity index (χ2v) is 4.54. The van der Waals surface area contributed by atoms with Gasteiger partial charge in [-0.05, 0) is 18.8 Å². The van der Waals surface area contributed by atoms with Crippen molar-refractivity contribution in [3.63, 3.8) is 0 Å². The van der Waals surface area contributed by atoms with Crippen molar-refractivity contribution in [3.8, 4) is 0 Å². The summed E-state index contributed by atoms with van der Waals surface area (Å²) < 4.78 is 5.34. The van der Waals surface area contributed by atoms with Crippen molar-refractivity contribution in [2.24, 2.45) is 11.7 Å². The highest BCUT2D eigenvalue weighted by Gasteiger charge is 2.26. The maximum absolute atomic E-state index is 6.29. The fraction of sp³-hybridized carbons (Fsp3) is 1.00. The Hall–Kier alpha value is -0.120. The van der Waals surface area contributed by atoms with E-state index in [0.717, 1.165) is 32.2 Å². The molecular formula is C11H22N2O. The van der Waals surface area contributed by atoms with Gasteiger partial charge in [-0.3, -0.25) is 4.90 Å². The van der Waals surface area contributed by atoms with Gasteiger partial charge in [0.05, 0.1) is 19.4 Å². The van der Waals surface area contributed by atoms with E-state index in [4.69, 9.17) is 10.5 Å². The first kappa shape index (κ1) is 10.4. The molecular weight excluding hydrogens is 176 g/mol. The Morgan fingerprint density at radius 1 is 1.07 bits per heavy atom. The summed E-state index contributed by atoms with van der Waals surface area (Å²) in [5, 5.41) is 0. The highest BCUT2D eigenvalue weighted by Crippen LogP contribution is 2.27. The highest BCUT2D eigenvalue weighted by atomic mass is 16.5. The van der Waals surface area contributed by atoms with Crippen LogP contribution in [0.5, 0.6) is 0 Å². The molecule has 2 fully saturated rings. The van der Waals surface area contributed by atoms with Gasteiger partial charge >= 0.3 is 0 Å². The average molecular weight is 198 g/mol. The molecule has 1 saturated heterocycles. The van der Waals surface area contributed by atoms with Crippen LogP contribution in [0.2, 0.25) is 0 Å². The first-order chi connectivity index (χ1) is 6.88. The van der Waals surface area contributed by atoms with Crippen LogP contribution in [0.1, 0.15) is 32.1 Å². The van der Waals surface area contributed by atoms with Gasteiger partial charge in [0.15, 0.2) is 0 Å². The summed E-state index contributed by atoms with van der Waals surface area (Å²) in [7, 11) is 0. The summed E-state index contributed by atoms with van der Waals surface area (Å²) in [6.45, 7) is 3.77. The van der Waals surface area contributed by atoms with E-state index in [1.54, 1.807) is 0 Å². The molecule has 1 saturated carbocycles. The zero-order valence-electron chi connectivity index (χ0n) is 8.95. The van der Waals surface area contributed by atoms with Gasteiger partial charge in [0, 0.05) is 13.1 Å². The quantitative estimate of drug-likeness (QED) is 0.724. The van der Waals surface area contributed by atoms with Gasteiger partial charge in [0.25, 0.3) is 0 Å². The standard InChI is InChI=1S/C11H22N2O/c12-11(10-4-2-1-3-5-10)13-6-8-14-9-7-13/h10-11H,1-9,12H2. The molecule has 0 amide bonds. The lowest BCUT2D eigenvalue weighted by Gasteiger charge is -2.38. The minimum absolute atomic E-state index is 0.291. The fourth-order valence-electron chi connectivity index (χ4n) is 2.65. The number of hydrogen-bond donors (Lipinski definition) is 1. The molecule has 2 N–H and O–H groups in total. The molecule has 3 heteroatoms. The molecule has 0 aromatic rings. The second-order valence-electron chi connectivity index (χ2n) is 4.54. The Kier molecular flexibility index (Phi) is 3.79. The van der Waals surface area contributed by atoms with Crippen LogP contribution in [0, 0.1) is 5.92 Å². The third-order valence-electron chi connectivity index (χ3n) is 3.60. The minimum Gasteiger partial charge on any atom is -0.379 e. The molecule has 1 aliphatic heterocycles. The summed E-state index contributed by atoms with van der Waals surface area (Å²) in [6, 6.07) is 0. The topological polar surface area (TPSA) is 38.5 Å². The molecule has 1 aliphatic carbocycles. The first-order valence-corrected chi connectivity index (χ1v) is 5.95. The van der Waals surface area contributed by atoms with Crippen molar-refractivity contribution in [1.29, 1.82) is 0 Å². The Morgan fingerprint density at radius 2 is 1.71 bits per heavy atom. The first-order valence-electron chi connectivity index (χ1n) is 5.95. The lowest BCUT2D eigenvalue weighted by molar-refractivity contribution is -0.000500. The Balaban J connectivity index is 1.82. The zero-order valence-corrected chi connectivity index (χ0v) is 8.95. The molecule has 0 radical (unpaired) electrons. The largest absolute Gasteiger partial charge is 0.379 e. The third-order valence-corrected chi connectivity index (χ3v) is 3.60. The molecule has 1 unspecified atom stereocenters. The molecule has 82 valence electrons. The second kappa shape index (κ2) is 5.10. The summed E-state index contributed by atoms with van der Waals surface area (Å²) in [5.74, 6) is 0.738. The molecule has 3 nitrogen and oxygen atoms in total.